The molecule has 6 nitrogen and oxygen atoms in total. The topological polar surface area (TPSA) is 84.9 Å². The third-order valence-corrected chi connectivity index (χ3v) is 4.42. The van der Waals surface area contributed by atoms with Crippen LogP contribution >= 0.6 is 0 Å². The zero-order valence-electron chi connectivity index (χ0n) is 13.9. The second-order valence-electron chi connectivity index (χ2n) is 6.02. The lowest BCUT2D eigenvalue weighted by atomic mass is 9.82. The fourth-order valence-electron chi connectivity index (χ4n) is 2.77. The first-order valence-electron chi connectivity index (χ1n) is 7.90. The Kier molecular flexibility index (Phi) is 6.07. The second-order valence-corrected chi connectivity index (χ2v) is 6.02. The van der Waals surface area contributed by atoms with Gasteiger partial charge in [0, 0.05) is 25.5 Å². The van der Waals surface area contributed by atoms with E-state index in [1.807, 2.05) is 18.2 Å². The maximum atomic E-state index is 12.7. The molecule has 0 spiro atoms. The van der Waals surface area contributed by atoms with E-state index in [0.717, 1.165) is 11.1 Å². The molecule has 0 atom stereocenters. The number of ether oxygens (including phenoxy) is 2. The number of hydrogen-bond donors (Lipinski definition) is 2. The van der Waals surface area contributed by atoms with Crippen LogP contribution in [-0.2, 0) is 20.9 Å². The predicted molar refractivity (Wildman–Crippen MR) is 84.4 cm³/mol. The fraction of sp³-hybridized carbons (Fsp3) is 0.529. The number of benzene rings is 1. The number of rotatable bonds is 2. The lowest BCUT2D eigenvalue weighted by Gasteiger charge is -2.35. The fourth-order valence-corrected chi connectivity index (χ4v) is 2.77. The van der Waals surface area contributed by atoms with E-state index < -0.39 is 30.3 Å². The number of nitrogens with one attached hydrogen (secondary N) is 1. The van der Waals surface area contributed by atoms with Gasteiger partial charge < -0.3 is 19.9 Å². The Morgan fingerprint density at radius 2 is 1.88 bits per heavy atom. The molecule has 8 heteroatoms. The molecule has 0 radical (unpaired) electrons. The van der Waals surface area contributed by atoms with E-state index in [1.54, 1.807) is 6.07 Å². The lowest BCUT2D eigenvalue weighted by molar-refractivity contribution is -0.176. The van der Waals surface area contributed by atoms with Crippen LogP contribution in [0.5, 0.6) is 0 Å². The van der Waals surface area contributed by atoms with E-state index in [4.69, 9.17) is 14.6 Å². The van der Waals surface area contributed by atoms with Crippen molar-refractivity contribution in [2.45, 2.75) is 43.8 Å². The number of aliphatic carboxylic acids is 1. The Labute approximate surface area is 144 Å². The molecule has 1 heterocycles. The number of carbonyl (C=O) groups is 2. The SMILES string of the molecule is COC1(C(=O)O)CCC(F)(F)CC1.O=C1NCOCc2ccccc21. The summed E-state index contributed by atoms with van der Waals surface area (Å²) in [5.41, 5.74) is 0.282. The molecule has 1 fully saturated rings. The van der Waals surface area contributed by atoms with Gasteiger partial charge >= 0.3 is 5.97 Å². The first-order chi connectivity index (χ1) is 11.8. The molecule has 1 aromatic carbocycles. The quantitative estimate of drug-likeness (QED) is 0.850. The van der Waals surface area contributed by atoms with Gasteiger partial charge in [0.1, 0.15) is 6.73 Å². The zero-order valence-corrected chi connectivity index (χ0v) is 13.9. The summed E-state index contributed by atoms with van der Waals surface area (Å²) in [4.78, 5) is 22.1. The van der Waals surface area contributed by atoms with Gasteiger partial charge in [0.25, 0.3) is 5.91 Å². The number of alkyl halides is 2. The van der Waals surface area contributed by atoms with Crippen molar-refractivity contribution in [3.05, 3.63) is 35.4 Å². The highest BCUT2D eigenvalue weighted by molar-refractivity contribution is 5.95. The Morgan fingerprint density at radius 1 is 1.24 bits per heavy atom. The summed E-state index contributed by atoms with van der Waals surface area (Å²) in [6.07, 6.45) is -1.06. The summed E-state index contributed by atoms with van der Waals surface area (Å²) in [5, 5.41) is 11.4. The summed E-state index contributed by atoms with van der Waals surface area (Å²) in [6, 6.07) is 7.46. The number of carbonyl (C=O) groups excluding carboxylic acids is 1. The van der Waals surface area contributed by atoms with Crippen LogP contribution in [0.4, 0.5) is 8.78 Å². The molecule has 0 saturated heterocycles. The van der Waals surface area contributed by atoms with Crippen molar-refractivity contribution in [1.82, 2.24) is 5.32 Å². The van der Waals surface area contributed by atoms with Gasteiger partial charge in [-0.15, -0.1) is 0 Å². The molecule has 0 unspecified atom stereocenters. The second kappa shape index (κ2) is 7.88. The van der Waals surface area contributed by atoms with Crippen LogP contribution in [0.25, 0.3) is 0 Å². The van der Waals surface area contributed by atoms with Crippen molar-refractivity contribution in [3.8, 4) is 0 Å². The summed E-state index contributed by atoms with van der Waals surface area (Å²) >= 11 is 0. The number of hydrogen-bond acceptors (Lipinski definition) is 4. The van der Waals surface area contributed by atoms with Gasteiger partial charge in [-0.05, 0) is 24.5 Å². The van der Waals surface area contributed by atoms with E-state index in [1.165, 1.54) is 7.11 Å². The van der Waals surface area contributed by atoms with Gasteiger partial charge in [-0.3, -0.25) is 4.79 Å². The van der Waals surface area contributed by atoms with E-state index in [0.29, 0.717) is 13.3 Å². The molecule has 1 aliphatic carbocycles. The summed E-state index contributed by atoms with van der Waals surface area (Å²) in [5.74, 6) is -3.93. The van der Waals surface area contributed by atoms with Crippen LogP contribution in [0, 0.1) is 0 Å². The highest BCUT2D eigenvalue weighted by atomic mass is 19.3. The minimum absolute atomic E-state index is 0.0527. The first-order valence-corrected chi connectivity index (χ1v) is 7.90. The van der Waals surface area contributed by atoms with Crippen molar-refractivity contribution >= 4 is 11.9 Å². The molecule has 1 saturated carbocycles. The summed E-state index contributed by atoms with van der Waals surface area (Å²) in [6.45, 7) is 0.808. The third kappa shape index (κ3) is 4.73. The monoisotopic (exact) mass is 357 g/mol. The van der Waals surface area contributed by atoms with Gasteiger partial charge in [0.15, 0.2) is 5.60 Å². The van der Waals surface area contributed by atoms with Crippen LogP contribution in [0.1, 0.15) is 41.6 Å². The van der Waals surface area contributed by atoms with Crippen molar-refractivity contribution < 1.29 is 33.0 Å². The van der Waals surface area contributed by atoms with E-state index >= 15 is 0 Å². The van der Waals surface area contributed by atoms with E-state index in [-0.39, 0.29) is 18.7 Å². The van der Waals surface area contributed by atoms with Gasteiger partial charge in [-0.1, -0.05) is 18.2 Å². The maximum Gasteiger partial charge on any atom is 0.335 e. The van der Waals surface area contributed by atoms with Crippen molar-refractivity contribution in [3.63, 3.8) is 0 Å². The predicted octanol–water partition coefficient (Wildman–Crippen LogP) is 2.57. The van der Waals surface area contributed by atoms with Crippen LogP contribution < -0.4 is 5.32 Å². The number of carboxylic acid groups (broad SMARTS) is 1. The smallest absolute Gasteiger partial charge is 0.335 e. The molecule has 1 aliphatic heterocycles. The summed E-state index contributed by atoms with van der Waals surface area (Å²) in [7, 11) is 1.25. The number of amides is 1. The first kappa shape index (κ1) is 19.3. The highest BCUT2D eigenvalue weighted by Gasteiger charge is 2.48. The van der Waals surface area contributed by atoms with E-state index in [2.05, 4.69) is 5.32 Å². The lowest BCUT2D eigenvalue weighted by Crippen LogP contribution is -2.46. The Balaban J connectivity index is 0.000000181. The number of carboxylic acids is 1. The Hall–Kier alpha value is -2.06. The molecule has 3 rings (SSSR count). The molecule has 25 heavy (non-hydrogen) atoms. The van der Waals surface area contributed by atoms with Crippen LogP contribution in [0.3, 0.4) is 0 Å². The molecule has 2 aliphatic rings. The number of methoxy groups -OCH3 is 1. The van der Waals surface area contributed by atoms with Crippen molar-refractivity contribution in [1.29, 1.82) is 0 Å². The normalized spacial score (nSPS) is 21.0. The van der Waals surface area contributed by atoms with E-state index in [9.17, 15) is 18.4 Å². The Morgan fingerprint density at radius 3 is 2.48 bits per heavy atom. The van der Waals surface area contributed by atoms with Gasteiger partial charge in [-0.2, -0.15) is 0 Å². The van der Waals surface area contributed by atoms with Crippen molar-refractivity contribution in [2.75, 3.05) is 13.8 Å². The van der Waals surface area contributed by atoms with Gasteiger partial charge in [0.05, 0.1) is 6.61 Å². The highest BCUT2D eigenvalue weighted by Crippen LogP contribution is 2.40. The van der Waals surface area contributed by atoms with Crippen LogP contribution in [-0.4, -0.2) is 42.3 Å². The van der Waals surface area contributed by atoms with Gasteiger partial charge in [-0.25, -0.2) is 13.6 Å². The largest absolute Gasteiger partial charge is 0.479 e. The molecular weight excluding hydrogens is 336 g/mol. The van der Waals surface area contributed by atoms with Gasteiger partial charge in [0.2, 0.25) is 5.92 Å². The summed E-state index contributed by atoms with van der Waals surface area (Å²) < 4.78 is 35.4. The molecule has 2 N–H and O–H groups in total. The van der Waals surface area contributed by atoms with Crippen molar-refractivity contribution in [2.24, 2.45) is 0 Å². The number of halogens is 2. The van der Waals surface area contributed by atoms with Crippen LogP contribution in [0.15, 0.2) is 24.3 Å². The molecule has 138 valence electrons. The minimum atomic E-state index is -2.72. The average Bonchev–Trinajstić information content (AvgIpc) is 2.78. The molecule has 0 bridgehead atoms. The standard InChI is InChI=1S/C9H9NO2.C8H12F2O3/c11-9-8-4-2-1-3-7(8)5-12-6-10-9;1-13-7(6(11)12)2-4-8(9,10)5-3-7/h1-4H,5-6H2,(H,10,11);2-5H2,1H3,(H,11,12). The molecule has 1 amide bonds. The third-order valence-electron chi connectivity index (χ3n) is 4.42. The molecule has 1 aromatic rings. The minimum Gasteiger partial charge on any atom is -0.479 e. The Bertz CT molecular complexity index is 625. The zero-order chi connectivity index (χ0) is 18.5. The van der Waals surface area contributed by atoms with Crippen LogP contribution in [0.2, 0.25) is 0 Å². The molecule has 0 aromatic heterocycles. The maximum absolute atomic E-state index is 12.7. The number of fused-ring (bicyclic) bond motifs is 1. The average molecular weight is 357 g/mol. The molecular formula is C17H21F2NO5.